The Morgan fingerprint density at radius 1 is 1.13 bits per heavy atom. The molecule has 2 unspecified atom stereocenters. The topological polar surface area (TPSA) is 49.6 Å². The molecule has 1 aromatic rings. The van der Waals surface area contributed by atoms with Gasteiger partial charge in [-0.25, -0.2) is 0 Å². The Morgan fingerprint density at radius 3 is 2.13 bits per heavy atom. The number of hydrogen-bond donors (Lipinski definition) is 1. The molecule has 0 aromatic heterocycles. The summed E-state index contributed by atoms with van der Waals surface area (Å²) in [5, 5.41) is 0.763. The number of piperazine rings is 1. The molecule has 7 heteroatoms. The molecule has 0 aliphatic carbocycles. The van der Waals surface area contributed by atoms with Crippen LogP contribution in [0.1, 0.15) is 19.4 Å². The third-order valence-corrected chi connectivity index (χ3v) is 4.43. The Hall–Kier alpha value is -0.520. The molecule has 1 aromatic carbocycles. The van der Waals surface area contributed by atoms with Crippen LogP contribution in [0, 0.1) is 5.92 Å². The van der Waals surface area contributed by atoms with E-state index in [0.29, 0.717) is 0 Å². The average Bonchev–Trinajstić information content (AvgIpc) is 2.49. The Morgan fingerprint density at radius 2 is 1.65 bits per heavy atom. The van der Waals surface area contributed by atoms with E-state index in [1.54, 1.807) is 0 Å². The van der Waals surface area contributed by atoms with Crippen LogP contribution in [0.25, 0.3) is 0 Å². The van der Waals surface area contributed by atoms with Crippen LogP contribution in [0.2, 0.25) is 5.02 Å². The molecule has 2 atom stereocenters. The van der Waals surface area contributed by atoms with Crippen LogP contribution in [0.15, 0.2) is 24.3 Å². The fourth-order valence-electron chi connectivity index (χ4n) is 2.49. The Labute approximate surface area is 156 Å². The first kappa shape index (κ1) is 22.5. The minimum Gasteiger partial charge on any atom is -0.340 e. The fraction of sp³-hybridized carbons (Fsp3) is 0.562. The van der Waals surface area contributed by atoms with E-state index in [1.807, 2.05) is 30.9 Å². The van der Waals surface area contributed by atoms with E-state index in [0.717, 1.165) is 37.7 Å². The molecule has 2 rings (SSSR count). The van der Waals surface area contributed by atoms with Crippen molar-refractivity contribution in [3.63, 3.8) is 0 Å². The maximum Gasteiger partial charge on any atom is 0.227 e. The molecule has 1 aliphatic heterocycles. The normalized spacial score (nSPS) is 17.7. The van der Waals surface area contributed by atoms with Crippen molar-refractivity contribution in [2.24, 2.45) is 11.7 Å². The van der Waals surface area contributed by atoms with Crippen LogP contribution < -0.4 is 5.73 Å². The third kappa shape index (κ3) is 6.48. The predicted molar refractivity (Wildman–Crippen MR) is 101 cm³/mol. The van der Waals surface area contributed by atoms with Crippen LogP contribution in [-0.2, 0) is 11.3 Å². The molecular formula is C16H26Cl3N3O. The monoisotopic (exact) mass is 381 g/mol. The lowest BCUT2D eigenvalue weighted by molar-refractivity contribution is -0.137. The van der Waals surface area contributed by atoms with Crippen molar-refractivity contribution >= 4 is 42.3 Å². The minimum atomic E-state index is -0.104. The quantitative estimate of drug-likeness (QED) is 0.871. The molecule has 0 radical (unpaired) electrons. The van der Waals surface area contributed by atoms with Crippen LogP contribution in [0.4, 0.5) is 0 Å². The molecule has 23 heavy (non-hydrogen) atoms. The first-order valence-electron chi connectivity index (χ1n) is 7.48. The van der Waals surface area contributed by atoms with Gasteiger partial charge in [0.2, 0.25) is 5.91 Å². The SMILES string of the molecule is CC(N)C(C)C(=O)N1CCN(Cc2ccc(Cl)cc2)CC1.Cl.Cl. The zero-order chi connectivity index (χ0) is 15.4. The van der Waals surface area contributed by atoms with Crippen molar-refractivity contribution in [1.82, 2.24) is 9.80 Å². The number of benzene rings is 1. The highest BCUT2D eigenvalue weighted by Gasteiger charge is 2.26. The van der Waals surface area contributed by atoms with Crippen molar-refractivity contribution in [1.29, 1.82) is 0 Å². The second-order valence-electron chi connectivity index (χ2n) is 5.88. The van der Waals surface area contributed by atoms with E-state index >= 15 is 0 Å². The highest BCUT2D eigenvalue weighted by Crippen LogP contribution is 2.14. The van der Waals surface area contributed by atoms with Gasteiger partial charge in [0.15, 0.2) is 0 Å². The van der Waals surface area contributed by atoms with Crippen LogP contribution in [0.5, 0.6) is 0 Å². The van der Waals surface area contributed by atoms with Crippen molar-refractivity contribution in [3.8, 4) is 0 Å². The second-order valence-corrected chi connectivity index (χ2v) is 6.31. The summed E-state index contributed by atoms with van der Waals surface area (Å²) < 4.78 is 0. The number of hydrogen-bond acceptors (Lipinski definition) is 3. The summed E-state index contributed by atoms with van der Waals surface area (Å²) in [5.74, 6) is 0.0731. The molecule has 1 amide bonds. The number of amides is 1. The number of carbonyl (C=O) groups is 1. The number of halogens is 3. The summed E-state index contributed by atoms with van der Waals surface area (Å²) in [6, 6.07) is 7.85. The van der Waals surface area contributed by atoms with Gasteiger partial charge < -0.3 is 10.6 Å². The average molecular weight is 383 g/mol. The van der Waals surface area contributed by atoms with Crippen molar-refractivity contribution in [3.05, 3.63) is 34.9 Å². The summed E-state index contributed by atoms with van der Waals surface area (Å²) in [5.41, 5.74) is 7.07. The van der Waals surface area contributed by atoms with E-state index in [9.17, 15) is 4.79 Å². The molecular weight excluding hydrogens is 357 g/mol. The molecule has 0 saturated carbocycles. The first-order chi connectivity index (χ1) is 9.97. The van der Waals surface area contributed by atoms with E-state index in [-0.39, 0.29) is 42.7 Å². The van der Waals surface area contributed by atoms with Gasteiger partial charge in [0.1, 0.15) is 0 Å². The lowest BCUT2D eigenvalue weighted by atomic mass is 10.0. The van der Waals surface area contributed by atoms with Gasteiger partial charge in [0.05, 0.1) is 5.92 Å². The lowest BCUT2D eigenvalue weighted by Crippen LogP contribution is -2.51. The van der Waals surface area contributed by atoms with E-state index in [1.165, 1.54) is 5.56 Å². The van der Waals surface area contributed by atoms with Gasteiger partial charge in [-0.3, -0.25) is 9.69 Å². The maximum atomic E-state index is 12.3. The Bertz CT molecular complexity index is 474. The number of nitrogens with zero attached hydrogens (tertiary/aromatic N) is 2. The Balaban J connectivity index is 0.00000242. The molecule has 1 fully saturated rings. The molecule has 0 bridgehead atoms. The van der Waals surface area contributed by atoms with Crippen LogP contribution in [-0.4, -0.2) is 47.9 Å². The van der Waals surface area contributed by atoms with E-state index in [4.69, 9.17) is 17.3 Å². The van der Waals surface area contributed by atoms with Crippen LogP contribution >= 0.6 is 36.4 Å². The summed E-state index contributed by atoms with van der Waals surface area (Å²) in [6.07, 6.45) is 0. The van der Waals surface area contributed by atoms with Gasteiger partial charge in [-0.05, 0) is 24.6 Å². The van der Waals surface area contributed by atoms with Crippen molar-refractivity contribution < 1.29 is 4.79 Å². The largest absolute Gasteiger partial charge is 0.340 e. The van der Waals surface area contributed by atoms with Gasteiger partial charge in [-0.2, -0.15) is 0 Å². The maximum absolute atomic E-state index is 12.3. The van der Waals surface area contributed by atoms with E-state index in [2.05, 4.69) is 17.0 Å². The van der Waals surface area contributed by atoms with Crippen molar-refractivity contribution in [2.75, 3.05) is 26.2 Å². The van der Waals surface area contributed by atoms with Crippen LogP contribution in [0.3, 0.4) is 0 Å². The molecule has 1 aliphatic rings. The number of carbonyl (C=O) groups excluding carboxylic acids is 1. The molecule has 132 valence electrons. The lowest BCUT2D eigenvalue weighted by Gasteiger charge is -2.36. The van der Waals surface area contributed by atoms with Gasteiger partial charge in [-0.1, -0.05) is 30.7 Å². The number of nitrogens with two attached hydrogens (primary N) is 1. The second kappa shape index (κ2) is 10.4. The standard InChI is InChI=1S/C16H24ClN3O.2ClH/c1-12(13(2)18)16(21)20-9-7-19(8-10-20)11-14-3-5-15(17)6-4-14;;/h3-6,12-13H,7-11,18H2,1-2H3;2*1H. The molecule has 1 saturated heterocycles. The summed E-state index contributed by atoms with van der Waals surface area (Å²) in [7, 11) is 0. The smallest absolute Gasteiger partial charge is 0.227 e. The zero-order valence-corrected chi connectivity index (χ0v) is 16.0. The molecule has 0 spiro atoms. The minimum absolute atomic E-state index is 0. The highest BCUT2D eigenvalue weighted by atomic mass is 35.5. The Kier molecular flexibility index (Phi) is 10.1. The molecule has 1 heterocycles. The molecule has 2 N–H and O–H groups in total. The third-order valence-electron chi connectivity index (χ3n) is 4.18. The highest BCUT2D eigenvalue weighted by molar-refractivity contribution is 6.30. The van der Waals surface area contributed by atoms with Gasteiger partial charge in [-0.15, -0.1) is 24.8 Å². The van der Waals surface area contributed by atoms with Crippen molar-refractivity contribution in [2.45, 2.75) is 26.4 Å². The van der Waals surface area contributed by atoms with E-state index < -0.39 is 0 Å². The summed E-state index contributed by atoms with van der Waals surface area (Å²) >= 11 is 5.90. The fourth-order valence-corrected chi connectivity index (χ4v) is 2.61. The van der Waals surface area contributed by atoms with Gasteiger partial charge >= 0.3 is 0 Å². The summed E-state index contributed by atoms with van der Waals surface area (Å²) in [4.78, 5) is 16.6. The number of rotatable bonds is 4. The van der Waals surface area contributed by atoms with Gasteiger partial charge in [0.25, 0.3) is 0 Å². The first-order valence-corrected chi connectivity index (χ1v) is 7.86. The predicted octanol–water partition coefficient (Wildman–Crippen LogP) is 2.81. The summed E-state index contributed by atoms with van der Waals surface area (Å²) in [6.45, 7) is 8.07. The van der Waals surface area contributed by atoms with Gasteiger partial charge in [0, 0.05) is 43.8 Å². The zero-order valence-electron chi connectivity index (χ0n) is 13.6. The molecule has 4 nitrogen and oxygen atoms in total.